The SMILES string of the molecule is O=C1C=CC(O)CC1.[OH]. The minimum absolute atomic E-state index is 0. The number of ketones is 1. The van der Waals surface area contributed by atoms with E-state index in [0.29, 0.717) is 12.8 Å². The molecule has 0 saturated heterocycles. The predicted octanol–water partition coefficient (Wildman–Crippen LogP) is 0.0896. The third-order valence-corrected chi connectivity index (χ3v) is 1.19. The van der Waals surface area contributed by atoms with Crippen molar-refractivity contribution in [2.24, 2.45) is 0 Å². The lowest BCUT2D eigenvalue weighted by atomic mass is 10.0. The number of hydrogen-bond acceptors (Lipinski definition) is 2. The van der Waals surface area contributed by atoms with E-state index < -0.39 is 0 Å². The zero-order valence-corrected chi connectivity index (χ0v) is 4.95. The van der Waals surface area contributed by atoms with E-state index in [1.807, 2.05) is 0 Å². The molecule has 9 heavy (non-hydrogen) atoms. The van der Waals surface area contributed by atoms with Gasteiger partial charge >= 0.3 is 0 Å². The molecule has 1 rings (SSSR count). The van der Waals surface area contributed by atoms with Gasteiger partial charge in [-0.15, -0.1) is 0 Å². The zero-order valence-electron chi connectivity index (χ0n) is 4.95. The van der Waals surface area contributed by atoms with Crippen LogP contribution in [0, 0.1) is 0 Å². The maximum Gasteiger partial charge on any atom is 0.155 e. The Morgan fingerprint density at radius 1 is 1.67 bits per heavy atom. The number of rotatable bonds is 0. The molecule has 0 bridgehead atoms. The Labute approximate surface area is 53.3 Å². The molecule has 0 amide bonds. The predicted molar refractivity (Wildman–Crippen MR) is 31.3 cm³/mol. The van der Waals surface area contributed by atoms with Gasteiger partial charge in [0.1, 0.15) is 0 Å². The molecule has 1 atom stereocenters. The first-order chi connectivity index (χ1) is 3.79. The van der Waals surface area contributed by atoms with Crippen LogP contribution in [0.15, 0.2) is 12.2 Å². The van der Waals surface area contributed by atoms with Gasteiger partial charge in [-0.3, -0.25) is 10.3 Å². The van der Waals surface area contributed by atoms with Crippen molar-refractivity contribution in [2.75, 3.05) is 0 Å². The Balaban J connectivity index is 0.000000640. The van der Waals surface area contributed by atoms with Crippen LogP contribution >= 0.6 is 0 Å². The summed E-state index contributed by atoms with van der Waals surface area (Å²) < 4.78 is 0. The van der Waals surface area contributed by atoms with Gasteiger partial charge in [-0.2, -0.15) is 0 Å². The fourth-order valence-corrected chi connectivity index (χ4v) is 0.688. The second-order valence-corrected chi connectivity index (χ2v) is 1.93. The van der Waals surface area contributed by atoms with Crippen molar-refractivity contribution in [1.82, 2.24) is 0 Å². The average Bonchev–Trinajstić information content (AvgIpc) is 1.77. The quantitative estimate of drug-likeness (QED) is 0.486. The second-order valence-electron chi connectivity index (χ2n) is 1.93. The molecule has 1 aliphatic rings. The van der Waals surface area contributed by atoms with Crippen molar-refractivity contribution < 1.29 is 15.4 Å². The number of aliphatic hydroxyl groups is 1. The van der Waals surface area contributed by atoms with Crippen molar-refractivity contribution >= 4 is 5.78 Å². The van der Waals surface area contributed by atoms with Crippen molar-refractivity contribution in [2.45, 2.75) is 18.9 Å². The van der Waals surface area contributed by atoms with Gasteiger partial charge in [0, 0.05) is 6.42 Å². The second kappa shape index (κ2) is 3.37. The Bertz CT molecular complexity index is 128. The highest BCUT2D eigenvalue weighted by molar-refractivity contribution is 5.90. The fraction of sp³-hybridized carbons (Fsp3) is 0.500. The van der Waals surface area contributed by atoms with Crippen molar-refractivity contribution in [3.63, 3.8) is 0 Å². The van der Waals surface area contributed by atoms with E-state index in [-0.39, 0.29) is 17.4 Å². The summed E-state index contributed by atoms with van der Waals surface area (Å²) >= 11 is 0. The first-order valence-electron chi connectivity index (χ1n) is 2.68. The summed E-state index contributed by atoms with van der Waals surface area (Å²) in [6.45, 7) is 0. The summed E-state index contributed by atoms with van der Waals surface area (Å²) in [6.07, 6.45) is 3.68. The van der Waals surface area contributed by atoms with Crippen LogP contribution in [0.3, 0.4) is 0 Å². The van der Waals surface area contributed by atoms with Gasteiger partial charge in [0.2, 0.25) is 0 Å². The third-order valence-electron chi connectivity index (χ3n) is 1.19. The highest BCUT2D eigenvalue weighted by atomic mass is 16.3. The Hall–Kier alpha value is -0.670. The molecule has 0 aromatic carbocycles. The molecular weight excluding hydrogens is 120 g/mol. The molecule has 1 aliphatic carbocycles. The third kappa shape index (κ3) is 2.39. The Morgan fingerprint density at radius 3 is 2.67 bits per heavy atom. The highest BCUT2D eigenvalue weighted by Crippen LogP contribution is 2.05. The average molecular weight is 129 g/mol. The molecule has 3 heteroatoms. The summed E-state index contributed by atoms with van der Waals surface area (Å²) in [4.78, 5) is 10.4. The molecule has 0 aromatic rings. The summed E-state index contributed by atoms with van der Waals surface area (Å²) in [7, 11) is 0. The van der Waals surface area contributed by atoms with Gasteiger partial charge in [-0.1, -0.05) is 6.08 Å². The molecule has 0 aromatic heterocycles. The van der Waals surface area contributed by atoms with Gasteiger partial charge < -0.3 is 5.11 Å². The first-order valence-corrected chi connectivity index (χ1v) is 2.68. The van der Waals surface area contributed by atoms with Gasteiger partial charge in [-0.25, -0.2) is 0 Å². The maximum atomic E-state index is 10.4. The number of carbonyl (C=O) groups excluding carboxylic acids is 1. The van der Waals surface area contributed by atoms with Crippen LogP contribution in [-0.4, -0.2) is 22.5 Å². The maximum absolute atomic E-state index is 10.4. The Kier molecular flexibility index (Phi) is 3.12. The summed E-state index contributed by atoms with van der Waals surface area (Å²) in [5.41, 5.74) is 0. The van der Waals surface area contributed by atoms with Crippen molar-refractivity contribution in [3.05, 3.63) is 12.2 Å². The van der Waals surface area contributed by atoms with Gasteiger partial charge in [-0.05, 0) is 12.5 Å². The molecule has 0 saturated carbocycles. The van der Waals surface area contributed by atoms with Gasteiger partial charge in [0.25, 0.3) is 0 Å². The summed E-state index contributed by atoms with van der Waals surface area (Å²) in [5, 5.41) is 8.79. The first kappa shape index (κ1) is 8.33. The molecule has 0 aliphatic heterocycles. The number of carbonyl (C=O) groups is 1. The largest absolute Gasteiger partial charge is 0.389 e. The van der Waals surface area contributed by atoms with Crippen LogP contribution in [0.4, 0.5) is 0 Å². The van der Waals surface area contributed by atoms with Gasteiger partial charge in [0.15, 0.2) is 5.78 Å². The van der Waals surface area contributed by atoms with E-state index in [9.17, 15) is 4.79 Å². The Morgan fingerprint density at radius 2 is 2.33 bits per heavy atom. The minimum Gasteiger partial charge on any atom is -0.389 e. The lowest BCUT2D eigenvalue weighted by Crippen LogP contribution is -2.10. The van der Waals surface area contributed by atoms with E-state index in [1.54, 1.807) is 0 Å². The minimum atomic E-state index is -0.382. The molecular formula is C6H9O3. The summed E-state index contributed by atoms with van der Waals surface area (Å²) in [6, 6.07) is 0. The lowest BCUT2D eigenvalue weighted by Gasteiger charge is -2.06. The number of allylic oxidation sites excluding steroid dienone is 1. The summed E-state index contributed by atoms with van der Waals surface area (Å²) in [5.74, 6) is 0.121. The molecule has 0 fully saturated rings. The fourth-order valence-electron chi connectivity index (χ4n) is 0.688. The van der Waals surface area contributed by atoms with Crippen LogP contribution in [-0.2, 0) is 4.79 Å². The molecule has 0 spiro atoms. The molecule has 1 radical (unpaired) electrons. The zero-order chi connectivity index (χ0) is 5.98. The standard InChI is InChI=1S/C6H8O2.HO/c7-5-1-2-6(8)4-3-5;/h1-2,5,7H,3-4H2;1H. The molecule has 1 unspecified atom stereocenters. The molecule has 2 N–H and O–H groups in total. The normalized spacial score (nSPS) is 25.4. The van der Waals surface area contributed by atoms with E-state index in [0.717, 1.165) is 0 Å². The smallest absolute Gasteiger partial charge is 0.155 e. The van der Waals surface area contributed by atoms with Crippen LogP contribution < -0.4 is 0 Å². The van der Waals surface area contributed by atoms with E-state index in [4.69, 9.17) is 5.11 Å². The van der Waals surface area contributed by atoms with Crippen LogP contribution in [0.25, 0.3) is 0 Å². The number of hydrogen-bond donors (Lipinski definition) is 2. The monoisotopic (exact) mass is 129 g/mol. The van der Waals surface area contributed by atoms with Gasteiger partial charge in [0.05, 0.1) is 6.10 Å². The topological polar surface area (TPSA) is 67.3 Å². The molecule has 51 valence electrons. The van der Waals surface area contributed by atoms with Crippen molar-refractivity contribution in [1.29, 1.82) is 0 Å². The number of aliphatic hydroxyl groups excluding tert-OH is 1. The van der Waals surface area contributed by atoms with Crippen LogP contribution in [0.2, 0.25) is 0 Å². The molecule has 0 heterocycles. The van der Waals surface area contributed by atoms with Crippen LogP contribution in [0.5, 0.6) is 0 Å². The van der Waals surface area contributed by atoms with E-state index in [2.05, 4.69) is 0 Å². The highest BCUT2D eigenvalue weighted by Gasteiger charge is 2.08. The van der Waals surface area contributed by atoms with E-state index >= 15 is 0 Å². The van der Waals surface area contributed by atoms with Crippen molar-refractivity contribution in [3.8, 4) is 0 Å². The molecule has 3 nitrogen and oxygen atoms in total. The lowest BCUT2D eigenvalue weighted by molar-refractivity contribution is -0.115. The van der Waals surface area contributed by atoms with E-state index in [1.165, 1.54) is 12.2 Å². The van der Waals surface area contributed by atoms with Crippen LogP contribution in [0.1, 0.15) is 12.8 Å².